The number of amides is 1. The normalized spacial score (nSPS) is 17.8. The second kappa shape index (κ2) is 4.65. The Balaban J connectivity index is 2.01. The van der Waals surface area contributed by atoms with Gasteiger partial charge >= 0.3 is 0 Å². The summed E-state index contributed by atoms with van der Waals surface area (Å²) in [7, 11) is 2.06. The largest absolute Gasteiger partial charge is 0.351 e. The van der Waals surface area contributed by atoms with E-state index >= 15 is 0 Å². The molecule has 1 aromatic heterocycles. The van der Waals surface area contributed by atoms with Crippen LogP contribution in [0.25, 0.3) is 0 Å². The van der Waals surface area contributed by atoms with Gasteiger partial charge in [-0.15, -0.1) is 0 Å². The Kier molecular flexibility index (Phi) is 3.24. The summed E-state index contributed by atoms with van der Waals surface area (Å²) in [6.07, 6.45) is 0.791. The van der Waals surface area contributed by atoms with Gasteiger partial charge in [-0.25, -0.2) is 0 Å². The number of piperazine rings is 1. The van der Waals surface area contributed by atoms with Crippen LogP contribution >= 0.6 is 0 Å². The van der Waals surface area contributed by atoms with Crippen molar-refractivity contribution in [3.05, 3.63) is 17.5 Å². The van der Waals surface area contributed by atoms with Gasteiger partial charge in [0.05, 0.1) is 5.69 Å². The third-order valence-electron chi connectivity index (χ3n) is 2.92. The summed E-state index contributed by atoms with van der Waals surface area (Å²) in [5.41, 5.74) is 0.831. The zero-order valence-corrected chi connectivity index (χ0v) is 9.77. The van der Waals surface area contributed by atoms with Crippen molar-refractivity contribution in [1.82, 2.24) is 15.0 Å². The zero-order chi connectivity index (χ0) is 11.5. The van der Waals surface area contributed by atoms with Crippen LogP contribution in [0.1, 0.15) is 23.2 Å². The maximum atomic E-state index is 12.0. The summed E-state index contributed by atoms with van der Waals surface area (Å²) >= 11 is 0. The molecule has 1 aliphatic heterocycles. The van der Waals surface area contributed by atoms with Crippen molar-refractivity contribution in [2.24, 2.45) is 0 Å². The molecule has 1 aliphatic rings. The Bertz CT molecular complexity index is 367. The van der Waals surface area contributed by atoms with E-state index in [1.807, 2.05) is 11.8 Å². The molecule has 5 nitrogen and oxygen atoms in total. The molecule has 0 unspecified atom stereocenters. The van der Waals surface area contributed by atoms with Gasteiger partial charge in [-0.2, -0.15) is 0 Å². The Labute approximate surface area is 95.0 Å². The first-order valence-electron chi connectivity index (χ1n) is 5.64. The fourth-order valence-electron chi connectivity index (χ4n) is 1.74. The van der Waals surface area contributed by atoms with Crippen LogP contribution < -0.4 is 0 Å². The van der Waals surface area contributed by atoms with Crippen molar-refractivity contribution in [2.45, 2.75) is 13.3 Å². The molecule has 0 aromatic carbocycles. The van der Waals surface area contributed by atoms with Crippen molar-refractivity contribution in [3.63, 3.8) is 0 Å². The lowest BCUT2D eigenvalue weighted by molar-refractivity contribution is 0.0623. The zero-order valence-electron chi connectivity index (χ0n) is 9.77. The van der Waals surface area contributed by atoms with Crippen molar-refractivity contribution in [3.8, 4) is 0 Å². The van der Waals surface area contributed by atoms with Crippen molar-refractivity contribution in [1.29, 1.82) is 0 Å². The van der Waals surface area contributed by atoms with Crippen LogP contribution in [0.15, 0.2) is 10.6 Å². The number of nitrogens with zero attached hydrogens (tertiary/aromatic N) is 3. The highest BCUT2D eigenvalue weighted by atomic mass is 16.5. The van der Waals surface area contributed by atoms with Crippen LogP contribution in [-0.2, 0) is 6.42 Å². The van der Waals surface area contributed by atoms with Gasteiger partial charge in [-0.05, 0) is 13.5 Å². The highest BCUT2D eigenvalue weighted by Crippen LogP contribution is 2.10. The van der Waals surface area contributed by atoms with Gasteiger partial charge in [0.1, 0.15) is 0 Å². The number of carbonyl (C=O) groups excluding carboxylic acids is 1. The molecule has 88 valence electrons. The summed E-state index contributed by atoms with van der Waals surface area (Å²) in [6.45, 7) is 5.35. The Morgan fingerprint density at radius 1 is 1.44 bits per heavy atom. The Morgan fingerprint density at radius 3 is 2.69 bits per heavy atom. The molecule has 0 spiro atoms. The quantitative estimate of drug-likeness (QED) is 0.737. The molecule has 2 heterocycles. The first-order chi connectivity index (χ1) is 7.70. The lowest BCUT2D eigenvalue weighted by Gasteiger charge is -2.31. The van der Waals surface area contributed by atoms with Gasteiger partial charge in [-0.3, -0.25) is 4.79 Å². The molecule has 0 N–H and O–H groups in total. The minimum Gasteiger partial charge on any atom is -0.351 e. The summed E-state index contributed by atoms with van der Waals surface area (Å²) in [4.78, 5) is 16.0. The molecule has 5 heteroatoms. The smallest absolute Gasteiger partial charge is 0.292 e. The molecule has 2 rings (SSSR count). The standard InChI is InChI=1S/C11H17N3O2/c1-3-9-8-10(16-12-9)11(15)14-6-4-13(2)5-7-14/h8H,3-7H2,1-2H3. The van der Waals surface area contributed by atoms with Gasteiger partial charge in [0, 0.05) is 32.2 Å². The van der Waals surface area contributed by atoms with Crippen LogP contribution in [0.2, 0.25) is 0 Å². The molecule has 0 bridgehead atoms. The average molecular weight is 223 g/mol. The summed E-state index contributed by atoms with van der Waals surface area (Å²) < 4.78 is 5.04. The first-order valence-corrected chi connectivity index (χ1v) is 5.64. The van der Waals surface area contributed by atoms with E-state index in [-0.39, 0.29) is 5.91 Å². The SMILES string of the molecule is CCc1cc(C(=O)N2CCN(C)CC2)on1. The number of carbonyl (C=O) groups is 1. The predicted molar refractivity (Wildman–Crippen MR) is 59.3 cm³/mol. The molecular weight excluding hydrogens is 206 g/mol. The fraction of sp³-hybridized carbons (Fsp3) is 0.636. The molecule has 1 aromatic rings. The first kappa shape index (κ1) is 11.1. The van der Waals surface area contributed by atoms with Crippen LogP contribution in [0.4, 0.5) is 0 Å². The number of aryl methyl sites for hydroxylation is 1. The van der Waals surface area contributed by atoms with E-state index in [0.29, 0.717) is 5.76 Å². The van der Waals surface area contributed by atoms with E-state index in [1.54, 1.807) is 6.07 Å². The monoisotopic (exact) mass is 223 g/mol. The van der Waals surface area contributed by atoms with Gasteiger partial charge < -0.3 is 14.3 Å². The van der Waals surface area contributed by atoms with Gasteiger partial charge in [-0.1, -0.05) is 12.1 Å². The van der Waals surface area contributed by atoms with Crippen LogP contribution in [-0.4, -0.2) is 54.1 Å². The number of hydrogen-bond acceptors (Lipinski definition) is 4. The van der Waals surface area contributed by atoms with Gasteiger partial charge in [0.2, 0.25) is 5.76 Å². The predicted octanol–water partition coefficient (Wildman–Crippen LogP) is 0.625. The second-order valence-electron chi connectivity index (χ2n) is 4.13. The molecule has 0 atom stereocenters. The van der Waals surface area contributed by atoms with Crippen LogP contribution in [0, 0.1) is 0 Å². The molecule has 0 radical (unpaired) electrons. The topological polar surface area (TPSA) is 49.6 Å². The maximum Gasteiger partial charge on any atom is 0.292 e. The second-order valence-corrected chi connectivity index (χ2v) is 4.13. The van der Waals surface area contributed by atoms with E-state index in [1.165, 1.54) is 0 Å². The van der Waals surface area contributed by atoms with E-state index in [2.05, 4.69) is 17.1 Å². The fourth-order valence-corrected chi connectivity index (χ4v) is 1.74. The number of rotatable bonds is 2. The summed E-state index contributed by atoms with van der Waals surface area (Å²) in [5.74, 6) is 0.321. The summed E-state index contributed by atoms with van der Waals surface area (Å²) in [5, 5.41) is 3.83. The van der Waals surface area contributed by atoms with Crippen molar-refractivity contribution < 1.29 is 9.32 Å². The van der Waals surface area contributed by atoms with E-state index in [9.17, 15) is 4.79 Å². The summed E-state index contributed by atoms with van der Waals surface area (Å²) in [6, 6.07) is 1.74. The molecule has 16 heavy (non-hydrogen) atoms. The third-order valence-corrected chi connectivity index (χ3v) is 2.92. The number of aromatic nitrogens is 1. The third kappa shape index (κ3) is 2.24. The molecule has 1 saturated heterocycles. The van der Waals surface area contributed by atoms with Gasteiger partial charge in [0.25, 0.3) is 5.91 Å². The number of hydrogen-bond donors (Lipinski definition) is 0. The lowest BCUT2D eigenvalue weighted by Crippen LogP contribution is -2.47. The molecule has 1 fully saturated rings. The van der Waals surface area contributed by atoms with Gasteiger partial charge in [0.15, 0.2) is 0 Å². The Morgan fingerprint density at radius 2 is 2.12 bits per heavy atom. The lowest BCUT2D eigenvalue weighted by atomic mass is 10.2. The van der Waals surface area contributed by atoms with Crippen molar-refractivity contribution >= 4 is 5.91 Å². The highest BCUT2D eigenvalue weighted by molar-refractivity contribution is 5.91. The average Bonchev–Trinajstić information content (AvgIpc) is 2.77. The number of likely N-dealkylation sites (N-methyl/N-ethyl adjacent to an activating group) is 1. The van der Waals surface area contributed by atoms with E-state index in [0.717, 1.165) is 38.3 Å². The minimum atomic E-state index is -0.0414. The molecular formula is C11H17N3O2. The van der Waals surface area contributed by atoms with Crippen LogP contribution in [0.3, 0.4) is 0 Å². The Hall–Kier alpha value is -1.36. The van der Waals surface area contributed by atoms with E-state index in [4.69, 9.17) is 4.52 Å². The molecule has 1 amide bonds. The van der Waals surface area contributed by atoms with Crippen LogP contribution in [0.5, 0.6) is 0 Å². The van der Waals surface area contributed by atoms with Crippen molar-refractivity contribution in [2.75, 3.05) is 33.2 Å². The highest BCUT2D eigenvalue weighted by Gasteiger charge is 2.23. The minimum absolute atomic E-state index is 0.0414. The molecule has 0 aliphatic carbocycles. The van der Waals surface area contributed by atoms with E-state index < -0.39 is 0 Å². The molecule has 0 saturated carbocycles. The maximum absolute atomic E-state index is 12.0.